The number of hydrogen-bond donors (Lipinski definition) is 6. The molecule has 13 nitrogen and oxygen atoms in total. The maximum Gasteiger partial charge on any atom is 0.336 e. The average molecular weight is 541 g/mol. The van der Waals surface area contributed by atoms with Crippen molar-refractivity contribution >= 4 is 11.0 Å². The molecular weight excluding hydrogens is 508 g/mol. The summed E-state index contributed by atoms with van der Waals surface area (Å²) in [5, 5.41) is 61.7. The highest BCUT2D eigenvalue weighted by Gasteiger charge is 2.51. The fourth-order valence-electron chi connectivity index (χ4n) is 4.85. The molecule has 0 radical (unpaired) electrons. The first-order chi connectivity index (χ1) is 17.9. The van der Waals surface area contributed by atoms with Crippen LogP contribution in [0, 0.1) is 0 Å². The van der Waals surface area contributed by atoms with Crippen molar-refractivity contribution in [2.24, 2.45) is 0 Å². The zero-order chi connectivity index (χ0) is 27.4. The summed E-state index contributed by atoms with van der Waals surface area (Å²) in [6.07, 6.45) is -10.3. The van der Waals surface area contributed by atoms with E-state index in [0.717, 1.165) is 10.9 Å². The van der Waals surface area contributed by atoms with Gasteiger partial charge in [-0.2, -0.15) is 0 Å². The molecule has 0 spiro atoms. The number of ether oxygens (including phenoxy) is 5. The van der Waals surface area contributed by atoms with Crippen LogP contribution in [-0.2, 0) is 25.4 Å². The summed E-state index contributed by atoms with van der Waals surface area (Å²) < 4.78 is 33.7. The first-order valence-electron chi connectivity index (χ1n) is 12.3. The lowest BCUT2D eigenvalue weighted by atomic mass is 9.95. The third-order valence-electron chi connectivity index (χ3n) is 7.35. The van der Waals surface area contributed by atoms with Gasteiger partial charge in [0.05, 0.1) is 19.8 Å². The quantitative estimate of drug-likeness (QED) is 0.214. The lowest BCUT2D eigenvalue weighted by Gasteiger charge is -2.44. The number of benzene rings is 1. The molecule has 1 aromatic heterocycles. The van der Waals surface area contributed by atoms with E-state index in [1.165, 1.54) is 6.07 Å². The maximum atomic E-state index is 11.6. The molecule has 3 aliphatic heterocycles. The molecule has 0 unspecified atom stereocenters. The van der Waals surface area contributed by atoms with Gasteiger partial charge in [0, 0.05) is 23.9 Å². The van der Waals surface area contributed by atoms with Crippen molar-refractivity contribution in [1.29, 1.82) is 0 Å². The van der Waals surface area contributed by atoms with Crippen LogP contribution in [0.15, 0.2) is 33.5 Å². The van der Waals surface area contributed by atoms with E-state index in [1.54, 1.807) is 26.0 Å². The Kier molecular flexibility index (Phi) is 7.28. The van der Waals surface area contributed by atoms with Crippen LogP contribution in [0.2, 0.25) is 0 Å². The van der Waals surface area contributed by atoms with Gasteiger partial charge in [-0.1, -0.05) is 0 Å². The zero-order valence-corrected chi connectivity index (χ0v) is 20.8. The predicted octanol–water partition coefficient (Wildman–Crippen LogP) is -1.84. The zero-order valence-electron chi connectivity index (χ0n) is 20.8. The summed E-state index contributed by atoms with van der Waals surface area (Å²) in [5.74, 6) is 0.526. The molecular formula is C25H32O13. The molecule has 5 rings (SSSR count). The Bertz CT molecular complexity index is 1210. The molecule has 2 aromatic rings. The summed E-state index contributed by atoms with van der Waals surface area (Å²) in [4.78, 5) is 11.6. The third kappa shape index (κ3) is 4.95. The summed E-state index contributed by atoms with van der Waals surface area (Å²) in [6.45, 7) is 1.94. The number of aliphatic hydroxyl groups excluding tert-OH is 5. The highest BCUT2D eigenvalue weighted by Crippen LogP contribution is 2.38. The molecule has 6 N–H and O–H groups in total. The lowest BCUT2D eigenvalue weighted by molar-refractivity contribution is -0.335. The second-order valence-corrected chi connectivity index (χ2v) is 10.5. The van der Waals surface area contributed by atoms with Crippen LogP contribution in [0.4, 0.5) is 0 Å². The second kappa shape index (κ2) is 10.1. The van der Waals surface area contributed by atoms with Crippen LogP contribution in [0.5, 0.6) is 5.75 Å². The van der Waals surface area contributed by atoms with E-state index < -0.39 is 79.2 Å². The molecule has 38 heavy (non-hydrogen) atoms. The highest BCUT2D eigenvalue weighted by molar-refractivity contribution is 5.79. The van der Waals surface area contributed by atoms with E-state index >= 15 is 0 Å². The molecule has 1 aromatic carbocycles. The number of rotatable bonds is 7. The van der Waals surface area contributed by atoms with Crippen molar-refractivity contribution in [3.05, 3.63) is 40.2 Å². The first kappa shape index (κ1) is 27.4. The minimum Gasteiger partial charge on any atom is -0.487 e. The standard InChI is InChI=1S/C25H32O13/c1-24(2,16-6-12-5-11-3-4-17(27)36-13(11)7-14(12)35-16)38-22-20(30)19(29)18(28)15(37-22)8-33-23-21(31)25(32,9-26)10-34-23/h3-5,7,15-16,18-23,26,28-32H,6,8-10H2,1-2H3/t15-,16+,18-,19+,20-,21+,22+,23-,25-/m1/s1. The van der Waals surface area contributed by atoms with Crippen molar-refractivity contribution < 1.29 is 58.7 Å². The van der Waals surface area contributed by atoms with Gasteiger partial charge in [0.25, 0.3) is 0 Å². The van der Waals surface area contributed by atoms with Crippen molar-refractivity contribution in [3.63, 3.8) is 0 Å². The van der Waals surface area contributed by atoms with Gasteiger partial charge in [-0.05, 0) is 31.5 Å². The minimum atomic E-state index is -1.89. The van der Waals surface area contributed by atoms with E-state index in [9.17, 15) is 35.4 Å². The van der Waals surface area contributed by atoms with Gasteiger partial charge in [-0.15, -0.1) is 0 Å². The SMILES string of the molecule is CC(C)(O[C@@H]1O[C@H](CO[C@@H]2OC[C@](O)(CO)[C@H]2O)[C@@H](O)[C@H](O)[C@H]1O)[C@@H]1Cc2cc3ccc(=O)oc3cc2O1. The molecule has 210 valence electrons. The van der Waals surface area contributed by atoms with E-state index in [0.29, 0.717) is 17.8 Å². The second-order valence-electron chi connectivity index (χ2n) is 10.5. The molecule has 0 aliphatic carbocycles. The first-order valence-corrected chi connectivity index (χ1v) is 12.3. The molecule has 0 amide bonds. The van der Waals surface area contributed by atoms with Crippen LogP contribution in [0.25, 0.3) is 11.0 Å². The van der Waals surface area contributed by atoms with E-state index in [2.05, 4.69) is 0 Å². The van der Waals surface area contributed by atoms with Crippen LogP contribution >= 0.6 is 0 Å². The highest BCUT2D eigenvalue weighted by atomic mass is 16.7. The van der Waals surface area contributed by atoms with Crippen LogP contribution in [0.1, 0.15) is 19.4 Å². The van der Waals surface area contributed by atoms with Gasteiger partial charge in [-0.25, -0.2) is 4.79 Å². The molecule has 4 heterocycles. The number of aliphatic hydroxyl groups is 6. The minimum absolute atomic E-state index is 0.365. The largest absolute Gasteiger partial charge is 0.487 e. The van der Waals surface area contributed by atoms with Gasteiger partial charge < -0.3 is 58.7 Å². The number of fused-ring (bicyclic) bond motifs is 2. The molecule has 3 aliphatic rings. The van der Waals surface area contributed by atoms with Gasteiger partial charge in [-0.3, -0.25) is 0 Å². The van der Waals surface area contributed by atoms with Crippen molar-refractivity contribution in [2.75, 3.05) is 19.8 Å². The summed E-state index contributed by atoms with van der Waals surface area (Å²) in [6, 6.07) is 6.50. The van der Waals surface area contributed by atoms with E-state index in [1.807, 2.05) is 6.07 Å². The smallest absolute Gasteiger partial charge is 0.336 e. The summed E-state index contributed by atoms with van der Waals surface area (Å²) >= 11 is 0. The average Bonchev–Trinajstić information content (AvgIpc) is 3.43. The van der Waals surface area contributed by atoms with Gasteiger partial charge >= 0.3 is 5.63 Å². The molecule has 9 atom stereocenters. The molecule has 0 bridgehead atoms. The predicted molar refractivity (Wildman–Crippen MR) is 126 cm³/mol. The topological polar surface area (TPSA) is 198 Å². The van der Waals surface area contributed by atoms with Crippen molar-refractivity contribution in [3.8, 4) is 5.75 Å². The summed E-state index contributed by atoms with van der Waals surface area (Å²) in [5.41, 5.74) is -2.17. The van der Waals surface area contributed by atoms with Crippen LogP contribution in [0.3, 0.4) is 0 Å². The fraction of sp³-hybridized carbons (Fsp3) is 0.640. The lowest BCUT2D eigenvalue weighted by Crippen LogP contribution is -2.61. The summed E-state index contributed by atoms with van der Waals surface area (Å²) in [7, 11) is 0. The molecule has 0 saturated carbocycles. The van der Waals surface area contributed by atoms with Crippen LogP contribution in [-0.4, -0.2) is 111 Å². The number of hydrogen-bond acceptors (Lipinski definition) is 13. The molecule has 2 saturated heterocycles. The Balaban J connectivity index is 1.25. The van der Waals surface area contributed by atoms with Crippen molar-refractivity contribution in [1.82, 2.24) is 0 Å². The van der Waals surface area contributed by atoms with E-state index in [-0.39, 0.29) is 6.61 Å². The Morgan fingerprint density at radius 1 is 1.08 bits per heavy atom. The van der Waals surface area contributed by atoms with E-state index in [4.69, 9.17) is 28.1 Å². The monoisotopic (exact) mass is 540 g/mol. The van der Waals surface area contributed by atoms with Gasteiger partial charge in [0.1, 0.15) is 59.2 Å². The van der Waals surface area contributed by atoms with Gasteiger partial charge in [0.2, 0.25) is 0 Å². The Labute approximate surface area is 216 Å². The normalized spacial score (nSPS) is 37.4. The van der Waals surface area contributed by atoms with Crippen molar-refractivity contribution in [2.45, 2.75) is 80.7 Å². The fourth-order valence-corrected chi connectivity index (χ4v) is 4.85. The Hall–Kier alpha value is -2.17. The Morgan fingerprint density at radius 2 is 1.84 bits per heavy atom. The Morgan fingerprint density at radius 3 is 2.55 bits per heavy atom. The van der Waals surface area contributed by atoms with Gasteiger partial charge in [0.15, 0.2) is 12.6 Å². The molecule has 13 heteroatoms. The maximum absolute atomic E-state index is 11.6. The van der Waals surface area contributed by atoms with Crippen LogP contribution < -0.4 is 10.4 Å². The third-order valence-corrected chi connectivity index (χ3v) is 7.35. The molecule has 2 fully saturated rings.